The Hall–Kier alpha value is -2.95. The normalized spacial score (nSPS) is 12.5. The first kappa shape index (κ1) is 14.0. The fourth-order valence-corrected chi connectivity index (χ4v) is 2.11. The van der Waals surface area contributed by atoms with E-state index in [9.17, 15) is 4.79 Å². The third-order valence-electron chi connectivity index (χ3n) is 3.18. The molecule has 2 aromatic carbocycles. The number of hydrogen-bond donors (Lipinski definition) is 1. The second-order valence-electron chi connectivity index (χ2n) is 4.75. The van der Waals surface area contributed by atoms with Crippen molar-refractivity contribution < 1.29 is 19.0 Å². The van der Waals surface area contributed by atoms with Crippen LogP contribution >= 0.6 is 0 Å². The van der Waals surface area contributed by atoms with Gasteiger partial charge in [0.25, 0.3) is 0 Å². The summed E-state index contributed by atoms with van der Waals surface area (Å²) in [5.41, 5.74) is 6.88. The van der Waals surface area contributed by atoms with Crippen molar-refractivity contribution in [2.24, 2.45) is 5.73 Å². The average molecular weight is 297 g/mol. The molecule has 22 heavy (non-hydrogen) atoms. The molecule has 0 atom stereocenters. The molecule has 5 nitrogen and oxygen atoms in total. The summed E-state index contributed by atoms with van der Waals surface area (Å²) in [6.45, 7) is 0.637. The second kappa shape index (κ2) is 6.22. The molecule has 3 rings (SSSR count). The van der Waals surface area contributed by atoms with Gasteiger partial charge in [-0.15, -0.1) is 0 Å². The largest absolute Gasteiger partial charge is 0.488 e. The lowest BCUT2D eigenvalue weighted by Crippen LogP contribution is -2.05. The van der Waals surface area contributed by atoms with Crippen molar-refractivity contribution in [3.8, 4) is 17.2 Å². The van der Waals surface area contributed by atoms with Crippen LogP contribution in [-0.2, 0) is 11.4 Å². The van der Waals surface area contributed by atoms with E-state index in [2.05, 4.69) is 0 Å². The molecule has 2 aromatic rings. The van der Waals surface area contributed by atoms with Crippen LogP contribution in [0, 0.1) is 0 Å². The van der Waals surface area contributed by atoms with Gasteiger partial charge in [0.05, 0.1) is 0 Å². The highest BCUT2D eigenvalue weighted by atomic mass is 16.7. The van der Waals surface area contributed by atoms with Crippen LogP contribution in [0.3, 0.4) is 0 Å². The molecular weight excluding hydrogens is 282 g/mol. The van der Waals surface area contributed by atoms with Crippen molar-refractivity contribution >= 4 is 12.0 Å². The topological polar surface area (TPSA) is 70.8 Å². The van der Waals surface area contributed by atoms with Gasteiger partial charge in [-0.1, -0.05) is 24.3 Å². The summed E-state index contributed by atoms with van der Waals surface area (Å²) < 4.78 is 16.4. The summed E-state index contributed by atoms with van der Waals surface area (Å²) in [5, 5.41) is 0. The van der Waals surface area contributed by atoms with Gasteiger partial charge in [-0.25, -0.2) is 0 Å². The van der Waals surface area contributed by atoms with E-state index in [1.807, 2.05) is 42.5 Å². The predicted molar refractivity (Wildman–Crippen MR) is 81.6 cm³/mol. The van der Waals surface area contributed by atoms with Crippen LogP contribution in [0.25, 0.3) is 6.08 Å². The summed E-state index contributed by atoms with van der Waals surface area (Å²) in [7, 11) is 0. The number of para-hydroxylation sites is 1. The minimum Gasteiger partial charge on any atom is -0.488 e. The molecule has 0 unspecified atom stereocenters. The molecule has 0 radical (unpaired) electrons. The Morgan fingerprint density at radius 1 is 1.18 bits per heavy atom. The van der Waals surface area contributed by atoms with E-state index in [0.29, 0.717) is 12.4 Å². The number of nitrogens with two attached hydrogens (primary N) is 1. The van der Waals surface area contributed by atoms with Crippen LogP contribution in [0.2, 0.25) is 0 Å². The Kier molecular flexibility index (Phi) is 3.96. The van der Waals surface area contributed by atoms with Crippen molar-refractivity contribution in [3.05, 3.63) is 59.7 Å². The molecule has 0 saturated heterocycles. The summed E-state index contributed by atoms with van der Waals surface area (Å²) in [6.07, 6.45) is 2.94. The summed E-state index contributed by atoms with van der Waals surface area (Å²) in [6, 6.07) is 13.1. The molecule has 5 heteroatoms. The van der Waals surface area contributed by atoms with Crippen molar-refractivity contribution in [3.63, 3.8) is 0 Å². The fraction of sp³-hybridized carbons (Fsp3) is 0.118. The highest BCUT2D eigenvalue weighted by Crippen LogP contribution is 2.33. The van der Waals surface area contributed by atoms with E-state index in [4.69, 9.17) is 19.9 Å². The lowest BCUT2D eigenvalue weighted by atomic mass is 10.2. The van der Waals surface area contributed by atoms with Gasteiger partial charge in [0.1, 0.15) is 12.4 Å². The van der Waals surface area contributed by atoms with Gasteiger partial charge in [-0.2, -0.15) is 0 Å². The number of carbonyl (C=O) groups is 1. The highest BCUT2D eigenvalue weighted by Gasteiger charge is 2.13. The van der Waals surface area contributed by atoms with Crippen LogP contribution in [0.1, 0.15) is 11.1 Å². The number of ether oxygens (including phenoxy) is 3. The Bertz CT molecular complexity index is 724. The van der Waals surface area contributed by atoms with Gasteiger partial charge in [0, 0.05) is 11.6 Å². The minimum absolute atomic E-state index is 0.250. The summed E-state index contributed by atoms with van der Waals surface area (Å²) in [5.74, 6) is 1.65. The Morgan fingerprint density at radius 3 is 2.86 bits per heavy atom. The maximum atomic E-state index is 10.8. The zero-order valence-corrected chi connectivity index (χ0v) is 11.8. The number of carbonyl (C=O) groups excluding carboxylic acids is 1. The number of hydrogen-bond acceptors (Lipinski definition) is 4. The molecule has 0 fully saturated rings. The molecule has 1 heterocycles. The molecule has 1 aliphatic heterocycles. The highest BCUT2D eigenvalue weighted by molar-refractivity contribution is 5.90. The first-order valence-electron chi connectivity index (χ1n) is 6.80. The standard InChI is InChI=1S/C17H15NO4/c18-17(19)8-6-13-3-1-2-4-14(13)20-10-12-5-7-15-16(9-12)22-11-21-15/h1-9H,10-11H2,(H2,18,19)/b8-6-. The lowest BCUT2D eigenvalue weighted by molar-refractivity contribution is -0.113. The third-order valence-corrected chi connectivity index (χ3v) is 3.18. The van der Waals surface area contributed by atoms with Crippen molar-refractivity contribution in [1.82, 2.24) is 0 Å². The average Bonchev–Trinajstić information content (AvgIpc) is 2.99. The van der Waals surface area contributed by atoms with Gasteiger partial charge >= 0.3 is 0 Å². The van der Waals surface area contributed by atoms with Gasteiger partial charge in [-0.3, -0.25) is 4.79 Å². The van der Waals surface area contributed by atoms with E-state index in [0.717, 1.165) is 22.6 Å². The van der Waals surface area contributed by atoms with E-state index < -0.39 is 5.91 Å². The van der Waals surface area contributed by atoms with Crippen molar-refractivity contribution in [2.75, 3.05) is 6.79 Å². The van der Waals surface area contributed by atoms with Crippen molar-refractivity contribution in [1.29, 1.82) is 0 Å². The second-order valence-corrected chi connectivity index (χ2v) is 4.75. The molecule has 1 amide bonds. The molecule has 1 aliphatic rings. The first-order valence-corrected chi connectivity index (χ1v) is 6.80. The minimum atomic E-state index is -0.495. The van der Waals surface area contributed by atoms with Gasteiger partial charge in [-0.05, 0) is 29.8 Å². The molecule has 112 valence electrons. The zero-order valence-electron chi connectivity index (χ0n) is 11.8. The predicted octanol–water partition coefficient (Wildman–Crippen LogP) is 2.49. The van der Waals surface area contributed by atoms with Gasteiger partial charge in [0.2, 0.25) is 12.7 Å². The maximum Gasteiger partial charge on any atom is 0.241 e. The third kappa shape index (κ3) is 3.20. The Labute approximate surface area is 127 Å². The lowest BCUT2D eigenvalue weighted by Gasteiger charge is -2.09. The number of amides is 1. The molecule has 0 bridgehead atoms. The quantitative estimate of drug-likeness (QED) is 0.861. The Morgan fingerprint density at radius 2 is 2.00 bits per heavy atom. The number of benzene rings is 2. The van der Waals surface area contributed by atoms with Crippen LogP contribution in [-0.4, -0.2) is 12.7 Å². The maximum absolute atomic E-state index is 10.8. The number of rotatable bonds is 5. The van der Waals surface area contributed by atoms with Crippen molar-refractivity contribution in [2.45, 2.75) is 6.61 Å². The molecule has 0 spiro atoms. The summed E-state index contributed by atoms with van der Waals surface area (Å²) >= 11 is 0. The van der Waals surface area contributed by atoms with Crippen LogP contribution < -0.4 is 19.9 Å². The molecule has 0 aromatic heterocycles. The molecule has 0 aliphatic carbocycles. The molecule has 2 N–H and O–H groups in total. The van der Waals surface area contributed by atoms with Crippen LogP contribution in [0.5, 0.6) is 17.2 Å². The summed E-state index contributed by atoms with van der Waals surface area (Å²) in [4.78, 5) is 10.8. The van der Waals surface area contributed by atoms with E-state index >= 15 is 0 Å². The fourth-order valence-electron chi connectivity index (χ4n) is 2.11. The van der Waals surface area contributed by atoms with E-state index in [1.165, 1.54) is 6.08 Å². The molecule has 0 saturated carbocycles. The SMILES string of the molecule is NC(=O)/C=C\c1ccccc1OCc1ccc2c(c1)OCO2. The number of primary amides is 1. The van der Waals surface area contributed by atoms with Crippen LogP contribution in [0.15, 0.2) is 48.5 Å². The van der Waals surface area contributed by atoms with E-state index in [1.54, 1.807) is 6.08 Å². The van der Waals surface area contributed by atoms with E-state index in [-0.39, 0.29) is 6.79 Å². The smallest absolute Gasteiger partial charge is 0.241 e. The van der Waals surface area contributed by atoms with Gasteiger partial charge < -0.3 is 19.9 Å². The number of fused-ring (bicyclic) bond motifs is 1. The Balaban J connectivity index is 1.72. The van der Waals surface area contributed by atoms with Gasteiger partial charge in [0.15, 0.2) is 11.5 Å². The molecular formula is C17H15NO4. The zero-order chi connectivity index (χ0) is 15.4. The monoisotopic (exact) mass is 297 g/mol. The first-order chi connectivity index (χ1) is 10.7. The van der Waals surface area contributed by atoms with Crippen LogP contribution in [0.4, 0.5) is 0 Å².